The average molecular weight is 272 g/mol. The van der Waals surface area contributed by atoms with Gasteiger partial charge in [-0.1, -0.05) is 36.8 Å². The minimum Gasteiger partial charge on any atom is -0.313 e. The van der Waals surface area contributed by atoms with Gasteiger partial charge in [0.25, 0.3) is 0 Å². The van der Waals surface area contributed by atoms with Gasteiger partial charge in [0.05, 0.1) is 0 Å². The Balaban J connectivity index is 1.91. The summed E-state index contributed by atoms with van der Waals surface area (Å²) < 4.78 is 0. The number of benzene rings is 1. The number of piperidine rings is 1. The molecule has 0 bridgehead atoms. The Morgan fingerprint density at radius 3 is 2.60 bits per heavy atom. The second-order valence-corrected chi connectivity index (χ2v) is 6.84. The van der Waals surface area contributed by atoms with Crippen LogP contribution in [0.3, 0.4) is 0 Å². The van der Waals surface area contributed by atoms with Crippen molar-refractivity contribution in [2.24, 2.45) is 0 Å². The van der Waals surface area contributed by atoms with Gasteiger partial charge in [0, 0.05) is 24.0 Å². The van der Waals surface area contributed by atoms with Crippen molar-refractivity contribution < 1.29 is 0 Å². The van der Waals surface area contributed by atoms with Crippen LogP contribution in [0.15, 0.2) is 30.3 Å². The first-order chi connectivity index (χ1) is 9.72. The summed E-state index contributed by atoms with van der Waals surface area (Å²) in [5.74, 6) is 0. The SMILES string of the molecule is CC(C)N1CCC(c2ccccc2)(C2CCCCN2)C1. The quantitative estimate of drug-likeness (QED) is 0.909. The third-order valence-corrected chi connectivity index (χ3v) is 5.39. The topological polar surface area (TPSA) is 15.3 Å². The van der Waals surface area contributed by atoms with E-state index in [1.165, 1.54) is 45.3 Å². The highest BCUT2D eigenvalue weighted by Crippen LogP contribution is 2.40. The second kappa shape index (κ2) is 5.87. The lowest BCUT2D eigenvalue weighted by molar-refractivity contribution is 0.212. The summed E-state index contributed by atoms with van der Waals surface area (Å²) in [7, 11) is 0. The Bertz CT molecular complexity index is 422. The third-order valence-electron chi connectivity index (χ3n) is 5.39. The van der Waals surface area contributed by atoms with E-state index in [0.717, 1.165) is 0 Å². The largest absolute Gasteiger partial charge is 0.313 e. The fraction of sp³-hybridized carbons (Fsp3) is 0.667. The van der Waals surface area contributed by atoms with Crippen LogP contribution in [0.2, 0.25) is 0 Å². The number of hydrogen-bond donors (Lipinski definition) is 1. The molecular weight excluding hydrogens is 244 g/mol. The lowest BCUT2D eigenvalue weighted by Crippen LogP contribution is -2.52. The molecule has 3 rings (SSSR count). The standard InChI is InChI=1S/C18H28N2/c1-15(2)20-13-11-18(14-20,16-8-4-3-5-9-16)17-10-6-7-12-19-17/h3-5,8-9,15,17,19H,6-7,10-14H2,1-2H3. The predicted octanol–water partition coefficient (Wildman–Crippen LogP) is 3.18. The summed E-state index contributed by atoms with van der Waals surface area (Å²) in [4.78, 5) is 2.66. The van der Waals surface area contributed by atoms with E-state index < -0.39 is 0 Å². The maximum absolute atomic E-state index is 3.83. The van der Waals surface area contributed by atoms with Crippen LogP contribution < -0.4 is 5.32 Å². The van der Waals surface area contributed by atoms with Gasteiger partial charge in [-0.15, -0.1) is 0 Å². The third kappa shape index (κ3) is 2.51. The van der Waals surface area contributed by atoms with E-state index in [4.69, 9.17) is 0 Å². The van der Waals surface area contributed by atoms with Crippen molar-refractivity contribution in [2.45, 2.75) is 57.0 Å². The van der Waals surface area contributed by atoms with Crippen molar-refractivity contribution in [1.82, 2.24) is 10.2 Å². The predicted molar refractivity (Wildman–Crippen MR) is 85.1 cm³/mol. The number of nitrogens with zero attached hydrogens (tertiary/aromatic N) is 1. The maximum Gasteiger partial charge on any atom is 0.0246 e. The molecule has 2 atom stereocenters. The fourth-order valence-corrected chi connectivity index (χ4v) is 4.12. The fourth-order valence-electron chi connectivity index (χ4n) is 4.12. The van der Waals surface area contributed by atoms with Crippen molar-refractivity contribution >= 4 is 0 Å². The smallest absolute Gasteiger partial charge is 0.0246 e. The van der Waals surface area contributed by atoms with Gasteiger partial charge in [-0.2, -0.15) is 0 Å². The molecular formula is C18H28N2. The molecule has 2 heteroatoms. The van der Waals surface area contributed by atoms with Crippen molar-refractivity contribution in [3.05, 3.63) is 35.9 Å². The summed E-state index contributed by atoms with van der Waals surface area (Å²) in [6.45, 7) is 8.31. The van der Waals surface area contributed by atoms with Crippen LogP contribution in [-0.4, -0.2) is 36.6 Å². The molecule has 2 saturated heterocycles. The minimum atomic E-state index is 0.325. The Kier molecular flexibility index (Phi) is 4.13. The molecule has 110 valence electrons. The first-order valence-electron chi connectivity index (χ1n) is 8.25. The molecule has 1 aromatic rings. The molecule has 0 radical (unpaired) electrons. The second-order valence-electron chi connectivity index (χ2n) is 6.84. The maximum atomic E-state index is 3.83. The van der Waals surface area contributed by atoms with E-state index in [-0.39, 0.29) is 0 Å². The molecule has 0 amide bonds. The molecule has 2 fully saturated rings. The lowest BCUT2D eigenvalue weighted by Gasteiger charge is -2.41. The molecule has 2 unspecified atom stereocenters. The summed E-state index contributed by atoms with van der Waals surface area (Å²) in [5, 5.41) is 3.83. The molecule has 1 N–H and O–H groups in total. The Labute approximate surface area is 123 Å². The van der Waals surface area contributed by atoms with Crippen LogP contribution in [-0.2, 0) is 5.41 Å². The minimum absolute atomic E-state index is 0.325. The zero-order valence-electron chi connectivity index (χ0n) is 12.9. The molecule has 0 spiro atoms. The first-order valence-corrected chi connectivity index (χ1v) is 8.25. The van der Waals surface area contributed by atoms with Gasteiger partial charge in [0.1, 0.15) is 0 Å². The highest BCUT2D eigenvalue weighted by Gasteiger charge is 2.46. The van der Waals surface area contributed by atoms with Crippen molar-refractivity contribution in [3.8, 4) is 0 Å². The number of rotatable bonds is 3. The lowest BCUT2D eigenvalue weighted by atomic mass is 9.71. The van der Waals surface area contributed by atoms with E-state index in [2.05, 4.69) is 54.4 Å². The van der Waals surface area contributed by atoms with Crippen molar-refractivity contribution in [1.29, 1.82) is 0 Å². The first kappa shape index (κ1) is 14.1. The van der Waals surface area contributed by atoms with Crippen LogP contribution in [0.1, 0.15) is 45.1 Å². The molecule has 2 aliphatic rings. The zero-order valence-corrected chi connectivity index (χ0v) is 12.9. The van der Waals surface area contributed by atoms with Crippen LogP contribution in [0, 0.1) is 0 Å². The van der Waals surface area contributed by atoms with Gasteiger partial charge in [-0.3, -0.25) is 4.90 Å². The summed E-state index contributed by atoms with van der Waals surface area (Å²) in [6, 6.07) is 12.6. The summed E-state index contributed by atoms with van der Waals surface area (Å²) >= 11 is 0. The molecule has 20 heavy (non-hydrogen) atoms. The highest BCUT2D eigenvalue weighted by molar-refractivity contribution is 5.30. The van der Waals surface area contributed by atoms with E-state index in [9.17, 15) is 0 Å². The van der Waals surface area contributed by atoms with Gasteiger partial charge in [0.15, 0.2) is 0 Å². The normalized spacial score (nSPS) is 31.9. The average Bonchev–Trinajstić information content (AvgIpc) is 2.96. The summed E-state index contributed by atoms with van der Waals surface area (Å²) in [6.07, 6.45) is 5.36. The number of hydrogen-bond acceptors (Lipinski definition) is 2. The van der Waals surface area contributed by atoms with Crippen LogP contribution in [0.5, 0.6) is 0 Å². The van der Waals surface area contributed by atoms with Gasteiger partial charge < -0.3 is 5.32 Å². The van der Waals surface area contributed by atoms with Crippen LogP contribution in [0.4, 0.5) is 0 Å². The molecule has 2 aliphatic heterocycles. The van der Waals surface area contributed by atoms with Crippen LogP contribution in [0.25, 0.3) is 0 Å². The molecule has 0 aliphatic carbocycles. The zero-order chi connectivity index (χ0) is 14.0. The molecule has 2 nitrogen and oxygen atoms in total. The molecule has 2 heterocycles. The number of likely N-dealkylation sites (tertiary alicyclic amines) is 1. The summed E-state index contributed by atoms with van der Waals surface area (Å²) in [5.41, 5.74) is 1.87. The van der Waals surface area contributed by atoms with Gasteiger partial charge in [-0.05, 0) is 51.8 Å². The molecule has 0 saturated carbocycles. The van der Waals surface area contributed by atoms with Crippen molar-refractivity contribution in [2.75, 3.05) is 19.6 Å². The molecule has 1 aromatic carbocycles. The van der Waals surface area contributed by atoms with Gasteiger partial charge in [0.2, 0.25) is 0 Å². The Hall–Kier alpha value is -0.860. The Morgan fingerprint density at radius 2 is 2.00 bits per heavy atom. The van der Waals surface area contributed by atoms with E-state index in [1.54, 1.807) is 5.56 Å². The Morgan fingerprint density at radius 1 is 1.20 bits per heavy atom. The molecule has 0 aromatic heterocycles. The van der Waals surface area contributed by atoms with E-state index in [1.807, 2.05) is 0 Å². The highest BCUT2D eigenvalue weighted by atomic mass is 15.2. The monoisotopic (exact) mass is 272 g/mol. The van der Waals surface area contributed by atoms with Crippen molar-refractivity contribution in [3.63, 3.8) is 0 Å². The van der Waals surface area contributed by atoms with E-state index >= 15 is 0 Å². The van der Waals surface area contributed by atoms with E-state index in [0.29, 0.717) is 17.5 Å². The van der Waals surface area contributed by atoms with Gasteiger partial charge in [-0.25, -0.2) is 0 Å². The number of nitrogens with one attached hydrogen (secondary N) is 1. The van der Waals surface area contributed by atoms with Crippen LogP contribution >= 0.6 is 0 Å². The van der Waals surface area contributed by atoms with Gasteiger partial charge >= 0.3 is 0 Å².